The average Bonchev–Trinajstić information content (AvgIpc) is 1.97. The molecule has 0 saturated carbocycles. The zero-order chi connectivity index (χ0) is 8.59. The van der Waals surface area contributed by atoms with Gasteiger partial charge in [-0.25, -0.2) is 0 Å². The molecule has 1 atom stereocenters. The molecule has 1 aliphatic rings. The zero-order valence-electron chi connectivity index (χ0n) is 6.59. The van der Waals surface area contributed by atoms with E-state index < -0.39 is 0 Å². The fourth-order valence-corrected chi connectivity index (χ4v) is 1.14. The molecule has 0 amide bonds. The molecule has 4 heteroatoms. The summed E-state index contributed by atoms with van der Waals surface area (Å²) in [5.74, 6) is 0.210. The van der Waals surface area contributed by atoms with Gasteiger partial charge in [-0.3, -0.25) is 0 Å². The number of hydrogen-bond donors (Lipinski definition) is 4. The predicted octanol–water partition coefficient (Wildman–Crippen LogP) is -0.716. The predicted molar refractivity (Wildman–Crippen MR) is 44.6 cm³/mol. The minimum atomic E-state index is 0.210. The van der Waals surface area contributed by atoms with Crippen LogP contribution in [-0.2, 0) is 0 Å². The first-order chi connectivity index (χ1) is 5.04. The van der Waals surface area contributed by atoms with Crippen molar-refractivity contribution in [2.75, 3.05) is 0 Å². The van der Waals surface area contributed by atoms with Crippen molar-refractivity contribution in [2.24, 2.45) is 28.9 Å². The maximum atomic E-state index is 5.66. The minimum absolute atomic E-state index is 0.210. The third-order valence-corrected chi connectivity index (χ3v) is 2.00. The van der Waals surface area contributed by atoms with Crippen LogP contribution in [-0.4, -0.2) is 0 Å². The van der Waals surface area contributed by atoms with Crippen LogP contribution in [0.5, 0.6) is 0 Å². The van der Waals surface area contributed by atoms with Crippen molar-refractivity contribution in [2.45, 2.75) is 13.3 Å². The molecule has 0 aromatic rings. The van der Waals surface area contributed by atoms with E-state index in [1.165, 1.54) is 0 Å². The minimum Gasteiger partial charge on any atom is -0.400 e. The maximum absolute atomic E-state index is 5.66. The molecule has 0 fully saturated rings. The second kappa shape index (κ2) is 2.38. The van der Waals surface area contributed by atoms with E-state index in [2.05, 4.69) is 0 Å². The van der Waals surface area contributed by atoms with Gasteiger partial charge in [0.05, 0.1) is 11.4 Å². The van der Waals surface area contributed by atoms with Gasteiger partial charge in [-0.1, -0.05) is 6.92 Å². The molecule has 0 spiro atoms. The fraction of sp³-hybridized carbons (Fsp3) is 0.429. The van der Waals surface area contributed by atoms with Crippen molar-refractivity contribution < 1.29 is 0 Å². The quantitative estimate of drug-likeness (QED) is 0.369. The van der Waals surface area contributed by atoms with E-state index in [4.69, 9.17) is 22.9 Å². The van der Waals surface area contributed by atoms with Crippen molar-refractivity contribution in [3.63, 3.8) is 0 Å². The summed E-state index contributed by atoms with van der Waals surface area (Å²) in [7, 11) is 0. The van der Waals surface area contributed by atoms with Gasteiger partial charge < -0.3 is 22.9 Å². The van der Waals surface area contributed by atoms with Crippen LogP contribution >= 0.6 is 0 Å². The second-order valence-electron chi connectivity index (χ2n) is 2.91. The summed E-state index contributed by atoms with van der Waals surface area (Å²) < 4.78 is 0. The Bertz CT molecular complexity index is 239. The lowest BCUT2D eigenvalue weighted by molar-refractivity contribution is 0.628. The highest BCUT2D eigenvalue weighted by molar-refractivity contribution is 5.37. The SMILES string of the molecule is CC1CC(N)=C(N)C(N)=C1N. The van der Waals surface area contributed by atoms with E-state index in [0.29, 0.717) is 29.2 Å². The van der Waals surface area contributed by atoms with Crippen LogP contribution in [0.1, 0.15) is 13.3 Å². The van der Waals surface area contributed by atoms with Crippen LogP contribution in [0.25, 0.3) is 0 Å². The molecule has 4 nitrogen and oxygen atoms in total. The average molecular weight is 154 g/mol. The first kappa shape index (κ1) is 7.78. The number of hydrogen-bond acceptors (Lipinski definition) is 4. The van der Waals surface area contributed by atoms with Crippen molar-refractivity contribution >= 4 is 0 Å². The third kappa shape index (κ3) is 1.11. The highest BCUT2D eigenvalue weighted by Gasteiger charge is 2.19. The molecule has 11 heavy (non-hydrogen) atoms. The molecule has 1 rings (SSSR count). The van der Waals surface area contributed by atoms with Crippen LogP contribution in [0.2, 0.25) is 0 Å². The lowest BCUT2D eigenvalue weighted by atomic mass is 9.93. The Balaban J connectivity index is 3.07. The lowest BCUT2D eigenvalue weighted by Gasteiger charge is -2.22. The highest BCUT2D eigenvalue weighted by atomic mass is 14.8. The molecule has 1 unspecified atom stereocenters. The highest BCUT2D eigenvalue weighted by Crippen LogP contribution is 2.23. The van der Waals surface area contributed by atoms with Crippen LogP contribution in [0.15, 0.2) is 22.8 Å². The molecule has 0 bridgehead atoms. The van der Waals surface area contributed by atoms with E-state index in [1.54, 1.807) is 0 Å². The van der Waals surface area contributed by atoms with Crippen molar-refractivity contribution in [1.29, 1.82) is 0 Å². The molecule has 62 valence electrons. The summed E-state index contributed by atoms with van der Waals surface area (Å²) in [6.07, 6.45) is 0.707. The second-order valence-corrected chi connectivity index (χ2v) is 2.91. The van der Waals surface area contributed by atoms with E-state index in [9.17, 15) is 0 Å². The monoisotopic (exact) mass is 154 g/mol. The number of rotatable bonds is 0. The van der Waals surface area contributed by atoms with E-state index >= 15 is 0 Å². The summed E-state index contributed by atoms with van der Waals surface area (Å²) in [5, 5.41) is 0. The third-order valence-electron chi connectivity index (χ3n) is 2.00. The Morgan fingerprint density at radius 3 is 2.18 bits per heavy atom. The summed E-state index contributed by atoms with van der Waals surface area (Å²) in [5.41, 5.74) is 24.6. The van der Waals surface area contributed by atoms with E-state index in [1.807, 2.05) is 6.92 Å². The molecular weight excluding hydrogens is 140 g/mol. The zero-order valence-corrected chi connectivity index (χ0v) is 6.59. The van der Waals surface area contributed by atoms with Gasteiger partial charge in [0, 0.05) is 17.3 Å². The molecule has 0 radical (unpaired) electrons. The summed E-state index contributed by atoms with van der Waals surface area (Å²) >= 11 is 0. The van der Waals surface area contributed by atoms with Crippen molar-refractivity contribution in [1.82, 2.24) is 0 Å². The molecule has 0 heterocycles. The van der Waals surface area contributed by atoms with Gasteiger partial charge in [0.15, 0.2) is 0 Å². The van der Waals surface area contributed by atoms with Gasteiger partial charge in [0.25, 0.3) is 0 Å². The van der Waals surface area contributed by atoms with Gasteiger partial charge >= 0.3 is 0 Å². The first-order valence-corrected chi connectivity index (χ1v) is 3.53. The van der Waals surface area contributed by atoms with Crippen LogP contribution in [0.4, 0.5) is 0 Å². The van der Waals surface area contributed by atoms with Crippen molar-refractivity contribution in [3.8, 4) is 0 Å². The van der Waals surface area contributed by atoms with Crippen LogP contribution < -0.4 is 22.9 Å². The molecule has 0 aromatic carbocycles. The summed E-state index contributed by atoms with van der Waals surface area (Å²) in [4.78, 5) is 0. The van der Waals surface area contributed by atoms with Gasteiger partial charge in [0.2, 0.25) is 0 Å². The molecular formula is C7H14N4. The van der Waals surface area contributed by atoms with Gasteiger partial charge in [0.1, 0.15) is 0 Å². The Hall–Kier alpha value is -1.32. The van der Waals surface area contributed by atoms with Gasteiger partial charge in [-0.05, 0) is 6.42 Å². The molecule has 0 saturated heterocycles. The smallest absolute Gasteiger partial charge is 0.0759 e. The molecule has 0 aliphatic heterocycles. The standard InChI is InChI=1S/C7H14N4/c1-3-2-4(8)6(10)7(11)5(3)9/h3H,2,8-11H2,1H3. The number of nitrogens with two attached hydrogens (primary N) is 4. The maximum Gasteiger partial charge on any atom is 0.0759 e. The van der Waals surface area contributed by atoms with Gasteiger partial charge in [-0.2, -0.15) is 0 Å². The topological polar surface area (TPSA) is 104 Å². The van der Waals surface area contributed by atoms with E-state index in [-0.39, 0.29) is 5.92 Å². The summed E-state index contributed by atoms with van der Waals surface area (Å²) in [6, 6.07) is 0. The van der Waals surface area contributed by atoms with Crippen molar-refractivity contribution in [3.05, 3.63) is 22.8 Å². The number of allylic oxidation sites excluding steroid dienone is 2. The molecule has 1 aliphatic carbocycles. The molecule has 8 N–H and O–H groups in total. The first-order valence-electron chi connectivity index (χ1n) is 3.53. The molecule has 0 aromatic heterocycles. The van der Waals surface area contributed by atoms with Gasteiger partial charge in [-0.15, -0.1) is 0 Å². The van der Waals surface area contributed by atoms with Crippen LogP contribution in [0.3, 0.4) is 0 Å². The Morgan fingerprint density at radius 1 is 1.09 bits per heavy atom. The Morgan fingerprint density at radius 2 is 1.64 bits per heavy atom. The normalized spacial score (nSPS) is 26.1. The van der Waals surface area contributed by atoms with E-state index in [0.717, 1.165) is 0 Å². The Kier molecular flexibility index (Phi) is 1.68. The lowest BCUT2D eigenvalue weighted by Crippen LogP contribution is -2.29. The summed E-state index contributed by atoms with van der Waals surface area (Å²) in [6.45, 7) is 1.97. The largest absolute Gasteiger partial charge is 0.400 e. The fourth-order valence-electron chi connectivity index (χ4n) is 1.14. The van der Waals surface area contributed by atoms with Crippen LogP contribution in [0, 0.1) is 5.92 Å². The Labute approximate surface area is 65.9 Å².